The maximum Gasteiger partial charge on any atom is 0.257 e. The van der Waals surface area contributed by atoms with Crippen LogP contribution in [-0.4, -0.2) is 31.3 Å². The lowest BCUT2D eigenvalue weighted by molar-refractivity contribution is 0.102. The Morgan fingerprint density at radius 1 is 1.22 bits per heavy atom. The van der Waals surface area contributed by atoms with Crippen LogP contribution in [0.4, 0.5) is 21.0 Å². The van der Waals surface area contributed by atoms with Crippen LogP contribution in [0.5, 0.6) is 0 Å². The topological polar surface area (TPSA) is 100 Å². The minimum atomic E-state index is -1.53. The van der Waals surface area contributed by atoms with Gasteiger partial charge in [0, 0.05) is 41.1 Å². The molecule has 0 fully saturated rings. The summed E-state index contributed by atoms with van der Waals surface area (Å²) in [5.41, 5.74) is 4.12. The lowest BCUT2D eigenvalue weighted by Gasteiger charge is -2.35. The molecule has 1 amide bonds. The van der Waals surface area contributed by atoms with Gasteiger partial charge in [0.1, 0.15) is 17.5 Å². The van der Waals surface area contributed by atoms with E-state index in [2.05, 4.69) is 32.2 Å². The number of carbonyl (C=O) groups is 1. The Labute approximate surface area is 219 Å². The highest BCUT2D eigenvalue weighted by atomic mass is 32.2. The average Bonchev–Trinajstić information content (AvgIpc) is 3.37. The van der Waals surface area contributed by atoms with E-state index in [1.165, 1.54) is 23.7 Å². The van der Waals surface area contributed by atoms with Crippen LogP contribution in [-0.2, 0) is 17.3 Å². The maximum atomic E-state index is 15.1. The molecule has 2 aromatic carbocycles. The third-order valence-corrected chi connectivity index (χ3v) is 7.38. The van der Waals surface area contributed by atoms with Gasteiger partial charge in [-0.2, -0.15) is 0 Å². The van der Waals surface area contributed by atoms with Crippen molar-refractivity contribution in [3.8, 4) is 11.3 Å². The molecule has 1 unspecified atom stereocenters. The van der Waals surface area contributed by atoms with E-state index in [-0.39, 0.29) is 11.1 Å². The summed E-state index contributed by atoms with van der Waals surface area (Å²) in [5, 5.41) is 8.37. The van der Waals surface area contributed by atoms with Crippen molar-refractivity contribution < 1.29 is 13.4 Å². The number of anilines is 3. The Bertz CT molecular complexity index is 1550. The summed E-state index contributed by atoms with van der Waals surface area (Å²) in [6, 6.07) is 10.1. The van der Waals surface area contributed by atoms with Crippen molar-refractivity contribution in [2.45, 2.75) is 25.5 Å². The molecule has 1 aliphatic rings. The molecule has 0 saturated carbocycles. The third-order valence-electron chi connectivity index (χ3n) is 5.99. The van der Waals surface area contributed by atoms with Crippen LogP contribution in [0.3, 0.4) is 0 Å². The molecule has 0 bridgehead atoms. The van der Waals surface area contributed by atoms with Gasteiger partial charge in [-0.15, -0.1) is 11.3 Å². The van der Waals surface area contributed by atoms with Crippen molar-refractivity contribution in [3.05, 3.63) is 88.4 Å². The standard InChI is InChI=1S/C26H23FN6O2S2/c1-14-8-9-17(24(34)32-25-28-10-11-36-25)12-18(14)21-19-13-29-16(3)33(22-15(2)6-5-7-20(22)27)23(19)31-26(30-21)37(4)35/h5-12,29H,3,13H2,1-2,4H3,(H,28,32,34). The Balaban J connectivity index is 1.69. The summed E-state index contributed by atoms with van der Waals surface area (Å²) in [6.45, 7) is 8.10. The Hall–Kier alpha value is -3.96. The molecule has 1 aliphatic heterocycles. The van der Waals surface area contributed by atoms with Gasteiger partial charge in [-0.3, -0.25) is 19.2 Å². The quantitative estimate of drug-likeness (QED) is 0.345. The molecule has 2 N–H and O–H groups in total. The molecule has 4 aromatic rings. The van der Waals surface area contributed by atoms with Crippen LogP contribution >= 0.6 is 11.3 Å². The number of benzene rings is 2. The number of aryl methyl sites for hydroxylation is 2. The van der Waals surface area contributed by atoms with Crippen molar-refractivity contribution in [2.75, 3.05) is 16.5 Å². The molecular formula is C26H23FN6O2S2. The summed E-state index contributed by atoms with van der Waals surface area (Å²) in [6.07, 6.45) is 3.11. The SMILES string of the molecule is C=C1NCc2c(-c3cc(C(=O)Nc4nccs4)ccc3C)nc(S(C)=O)nc2N1c1c(C)cccc1F. The Morgan fingerprint density at radius 3 is 2.73 bits per heavy atom. The van der Waals surface area contributed by atoms with Crippen molar-refractivity contribution in [2.24, 2.45) is 0 Å². The summed E-state index contributed by atoms with van der Waals surface area (Å²) in [7, 11) is -1.53. The number of amides is 1. The van der Waals surface area contributed by atoms with Crippen LogP contribution in [0, 0.1) is 19.7 Å². The number of carbonyl (C=O) groups excluding carboxylic acids is 1. The Kier molecular flexibility index (Phi) is 6.57. The maximum absolute atomic E-state index is 15.1. The number of fused-ring (bicyclic) bond motifs is 1. The molecule has 0 radical (unpaired) electrons. The van der Waals surface area contributed by atoms with Gasteiger partial charge >= 0.3 is 0 Å². The summed E-state index contributed by atoms with van der Waals surface area (Å²) in [5.74, 6) is 0.0800. The highest BCUT2D eigenvalue weighted by Crippen LogP contribution is 2.40. The summed E-state index contributed by atoms with van der Waals surface area (Å²) < 4.78 is 27.7. The number of thiazole rings is 1. The first-order chi connectivity index (χ1) is 17.7. The number of para-hydroxylation sites is 1. The number of nitrogens with one attached hydrogen (secondary N) is 2. The average molecular weight is 535 g/mol. The van der Waals surface area contributed by atoms with Gasteiger partial charge in [0.15, 0.2) is 5.13 Å². The molecule has 0 saturated heterocycles. The first-order valence-electron chi connectivity index (χ1n) is 11.3. The van der Waals surface area contributed by atoms with Crippen LogP contribution in [0.2, 0.25) is 0 Å². The van der Waals surface area contributed by atoms with Crippen LogP contribution in [0.25, 0.3) is 11.3 Å². The van der Waals surface area contributed by atoms with E-state index in [0.717, 1.165) is 5.56 Å². The molecule has 0 spiro atoms. The van der Waals surface area contributed by atoms with Gasteiger partial charge in [-0.05, 0) is 43.2 Å². The number of aromatic nitrogens is 3. The molecule has 2 aromatic heterocycles. The predicted molar refractivity (Wildman–Crippen MR) is 144 cm³/mol. The first kappa shape index (κ1) is 24.7. The van der Waals surface area contributed by atoms with E-state index in [1.807, 2.05) is 13.0 Å². The van der Waals surface area contributed by atoms with Crippen LogP contribution in [0.15, 0.2) is 65.5 Å². The molecule has 11 heteroatoms. The van der Waals surface area contributed by atoms with E-state index in [0.29, 0.717) is 57.0 Å². The first-order valence-corrected chi connectivity index (χ1v) is 13.7. The number of nitrogens with zero attached hydrogens (tertiary/aromatic N) is 4. The van der Waals surface area contributed by atoms with E-state index in [1.54, 1.807) is 47.7 Å². The normalized spacial score (nSPS) is 13.6. The third kappa shape index (κ3) is 4.63. The number of hydrogen-bond donors (Lipinski definition) is 2. The Morgan fingerprint density at radius 2 is 2.03 bits per heavy atom. The van der Waals surface area contributed by atoms with Gasteiger partial charge in [0.25, 0.3) is 5.91 Å². The largest absolute Gasteiger partial charge is 0.367 e. The highest BCUT2D eigenvalue weighted by molar-refractivity contribution is 7.84. The number of halogens is 1. The predicted octanol–water partition coefficient (Wildman–Crippen LogP) is 5.06. The summed E-state index contributed by atoms with van der Waals surface area (Å²) >= 11 is 1.32. The van der Waals surface area contributed by atoms with Gasteiger partial charge in [-0.1, -0.05) is 24.8 Å². The second kappa shape index (κ2) is 9.83. The molecular weight excluding hydrogens is 511 g/mol. The molecule has 37 heavy (non-hydrogen) atoms. The molecule has 188 valence electrons. The van der Waals surface area contributed by atoms with Crippen LogP contribution in [0.1, 0.15) is 27.0 Å². The second-order valence-corrected chi connectivity index (χ2v) is 10.6. The fourth-order valence-corrected chi connectivity index (χ4v) is 5.13. The summed E-state index contributed by atoms with van der Waals surface area (Å²) in [4.78, 5) is 27.9. The molecule has 1 atom stereocenters. The zero-order valence-corrected chi connectivity index (χ0v) is 22.0. The van der Waals surface area contributed by atoms with Gasteiger partial charge < -0.3 is 5.32 Å². The number of rotatable bonds is 5. The smallest absolute Gasteiger partial charge is 0.257 e. The second-order valence-electron chi connectivity index (χ2n) is 8.47. The minimum absolute atomic E-state index is 0.0967. The number of hydrogen-bond acceptors (Lipinski definition) is 8. The fraction of sp³-hybridized carbons (Fsp3) is 0.154. The van der Waals surface area contributed by atoms with E-state index in [4.69, 9.17) is 0 Å². The van der Waals surface area contributed by atoms with Crippen molar-refractivity contribution in [1.82, 2.24) is 20.3 Å². The van der Waals surface area contributed by atoms with E-state index in [9.17, 15) is 9.00 Å². The van der Waals surface area contributed by atoms with Gasteiger partial charge in [0.05, 0.1) is 22.2 Å². The highest BCUT2D eigenvalue weighted by Gasteiger charge is 2.31. The molecule has 5 rings (SSSR count). The molecule has 3 heterocycles. The van der Waals surface area contributed by atoms with Crippen molar-refractivity contribution in [3.63, 3.8) is 0 Å². The van der Waals surface area contributed by atoms with Crippen molar-refractivity contribution >= 4 is 44.7 Å². The minimum Gasteiger partial charge on any atom is -0.367 e. The molecule has 0 aliphatic carbocycles. The van der Waals surface area contributed by atoms with E-state index >= 15 is 4.39 Å². The lowest BCUT2D eigenvalue weighted by atomic mass is 9.97. The van der Waals surface area contributed by atoms with E-state index < -0.39 is 16.6 Å². The van der Waals surface area contributed by atoms with Gasteiger partial charge in [-0.25, -0.2) is 19.3 Å². The molecule has 8 nitrogen and oxygen atoms in total. The van der Waals surface area contributed by atoms with Crippen molar-refractivity contribution in [1.29, 1.82) is 0 Å². The zero-order valence-electron chi connectivity index (χ0n) is 20.3. The fourth-order valence-electron chi connectivity index (χ4n) is 4.17. The zero-order chi connectivity index (χ0) is 26.3. The lowest BCUT2D eigenvalue weighted by Crippen LogP contribution is -2.35. The van der Waals surface area contributed by atoms with Crippen LogP contribution < -0.4 is 15.5 Å². The monoisotopic (exact) mass is 534 g/mol. The van der Waals surface area contributed by atoms with Gasteiger partial charge in [0.2, 0.25) is 5.16 Å².